The number of aliphatic hydroxyl groups excluding tert-OH is 1. The van der Waals surface area contributed by atoms with Crippen LogP contribution in [0, 0.1) is 0 Å². The van der Waals surface area contributed by atoms with E-state index >= 15 is 0 Å². The Balaban J connectivity index is 1.85. The average molecular weight is 225 g/mol. The minimum absolute atomic E-state index is 0.161. The third-order valence-corrected chi connectivity index (χ3v) is 3.90. The first-order valence-corrected chi connectivity index (χ1v) is 6.46. The molecule has 4 heteroatoms. The number of aliphatic imine (C=N–C) groups is 1. The van der Waals surface area contributed by atoms with Crippen molar-refractivity contribution in [2.24, 2.45) is 10.7 Å². The fourth-order valence-electron chi connectivity index (χ4n) is 2.64. The monoisotopic (exact) mass is 225 g/mol. The number of nitrogens with zero attached hydrogens (tertiary/aromatic N) is 1. The van der Waals surface area contributed by atoms with Gasteiger partial charge in [0.25, 0.3) is 0 Å². The number of nitrogens with one attached hydrogen (secondary N) is 1. The number of nitrogens with two attached hydrogens (primary N) is 1. The van der Waals surface area contributed by atoms with Crippen molar-refractivity contribution >= 4 is 5.96 Å². The molecule has 2 aliphatic rings. The molecule has 0 unspecified atom stereocenters. The van der Waals surface area contributed by atoms with Crippen molar-refractivity contribution in [1.29, 1.82) is 0 Å². The molecule has 2 rings (SSSR count). The second-order valence-electron chi connectivity index (χ2n) is 5.22. The SMILES string of the molecule is NC(=NC1CCCCC1)NC1(CO)CCC1. The lowest BCUT2D eigenvalue weighted by Crippen LogP contribution is -2.58. The Kier molecular flexibility index (Phi) is 3.69. The predicted molar refractivity (Wildman–Crippen MR) is 65.3 cm³/mol. The van der Waals surface area contributed by atoms with Crippen LogP contribution in [0.25, 0.3) is 0 Å². The van der Waals surface area contributed by atoms with Gasteiger partial charge in [-0.3, -0.25) is 4.99 Å². The van der Waals surface area contributed by atoms with Crippen molar-refractivity contribution in [2.45, 2.75) is 62.9 Å². The summed E-state index contributed by atoms with van der Waals surface area (Å²) in [7, 11) is 0. The van der Waals surface area contributed by atoms with Crippen LogP contribution < -0.4 is 11.1 Å². The number of rotatable bonds is 3. The van der Waals surface area contributed by atoms with Gasteiger partial charge in [-0.15, -0.1) is 0 Å². The average Bonchev–Trinajstić information content (AvgIpc) is 2.25. The van der Waals surface area contributed by atoms with Crippen molar-refractivity contribution in [3.8, 4) is 0 Å². The highest BCUT2D eigenvalue weighted by atomic mass is 16.3. The summed E-state index contributed by atoms with van der Waals surface area (Å²) in [4.78, 5) is 4.52. The van der Waals surface area contributed by atoms with E-state index < -0.39 is 0 Å². The molecule has 2 fully saturated rings. The van der Waals surface area contributed by atoms with Crippen molar-refractivity contribution in [3.05, 3.63) is 0 Å². The molecule has 0 heterocycles. The molecule has 0 aromatic heterocycles. The summed E-state index contributed by atoms with van der Waals surface area (Å²) in [5.41, 5.74) is 5.74. The molecular weight excluding hydrogens is 202 g/mol. The summed E-state index contributed by atoms with van der Waals surface area (Å²) in [5, 5.41) is 12.5. The van der Waals surface area contributed by atoms with Gasteiger partial charge in [-0.2, -0.15) is 0 Å². The van der Waals surface area contributed by atoms with Crippen molar-refractivity contribution in [1.82, 2.24) is 5.32 Å². The van der Waals surface area contributed by atoms with Gasteiger partial charge < -0.3 is 16.2 Å². The second-order valence-corrected chi connectivity index (χ2v) is 5.22. The molecule has 2 aliphatic carbocycles. The van der Waals surface area contributed by atoms with Crippen LogP contribution in [0.1, 0.15) is 51.4 Å². The zero-order valence-electron chi connectivity index (χ0n) is 9.91. The van der Waals surface area contributed by atoms with E-state index in [1.54, 1.807) is 0 Å². The lowest BCUT2D eigenvalue weighted by molar-refractivity contribution is 0.107. The molecule has 92 valence electrons. The Morgan fingerprint density at radius 1 is 1.25 bits per heavy atom. The molecule has 0 saturated heterocycles. The molecule has 0 bridgehead atoms. The first-order valence-electron chi connectivity index (χ1n) is 6.46. The van der Waals surface area contributed by atoms with Gasteiger partial charge in [0.05, 0.1) is 18.2 Å². The van der Waals surface area contributed by atoms with E-state index in [-0.39, 0.29) is 12.1 Å². The van der Waals surface area contributed by atoms with Crippen LogP contribution in [0.3, 0.4) is 0 Å². The number of hydrogen-bond donors (Lipinski definition) is 3. The summed E-state index contributed by atoms with van der Waals surface area (Å²) >= 11 is 0. The molecular formula is C12H23N3O. The molecule has 16 heavy (non-hydrogen) atoms. The quantitative estimate of drug-likeness (QED) is 0.498. The lowest BCUT2D eigenvalue weighted by atomic mass is 9.77. The fourth-order valence-corrected chi connectivity index (χ4v) is 2.64. The van der Waals surface area contributed by atoms with Crippen LogP contribution >= 0.6 is 0 Å². The van der Waals surface area contributed by atoms with E-state index in [0.717, 1.165) is 25.7 Å². The summed E-state index contributed by atoms with van der Waals surface area (Å²) in [6, 6.07) is 0.400. The zero-order valence-corrected chi connectivity index (χ0v) is 9.91. The minimum atomic E-state index is -0.164. The Bertz CT molecular complexity index is 249. The largest absolute Gasteiger partial charge is 0.394 e. The Labute approximate surface area is 97.3 Å². The molecule has 2 saturated carbocycles. The van der Waals surface area contributed by atoms with Gasteiger partial charge in [0.2, 0.25) is 0 Å². The Hall–Kier alpha value is -0.770. The van der Waals surface area contributed by atoms with E-state index in [2.05, 4.69) is 10.3 Å². The normalized spacial score (nSPS) is 26.2. The highest BCUT2D eigenvalue weighted by Crippen LogP contribution is 2.31. The smallest absolute Gasteiger partial charge is 0.189 e. The number of hydrogen-bond acceptors (Lipinski definition) is 2. The van der Waals surface area contributed by atoms with Crippen LogP contribution in [-0.4, -0.2) is 29.3 Å². The van der Waals surface area contributed by atoms with Crippen molar-refractivity contribution in [2.75, 3.05) is 6.61 Å². The van der Waals surface area contributed by atoms with Gasteiger partial charge in [0, 0.05) is 0 Å². The van der Waals surface area contributed by atoms with Gasteiger partial charge in [-0.25, -0.2) is 0 Å². The van der Waals surface area contributed by atoms with Gasteiger partial charge in [0.15, 0.2) is 5.96 Å². The maximum atomic E-state index is 9.32. The van der Waals surface area contributed by atoms with Crippen LogP contribution in [0.2, 0.25) is 0 Å². The van der Waals surface area contributed by atoms with E-state index in [9.17, 15) is 5.11 Å². The fraction of sp³-hybridized carbons (Fsp3) is 0.917. The highest BCUT2D eigenvalue weighted by Gasteiger charge is 2.36. The molecule has 0 radical (unpaired) electrons. The minimum Gasteiger partial charge on any atom is -0.394 e. The van der Waals surface area contributed by atoms with Crippen LogP contribution in [0.4, 0.5) is 0 Å². The Morgan fingerprint density at radius 3 is 2.44 bits per heavy atom. The van der Waals surface area contributed by atoms with E-state index in [1.807, 2.05) is 0 Å². The molecule has 0 aliphatic heterocycles. The van der Waals surface area contributed by atoms with E-state index in [4.69, 9.17) is 5.73 Å². The molecule has 4 nitrogen and oxygen atoms in total. The van der Waals surface area contributed by atoms with Crippen LogP contribution in [0.15, 0.2) is 4.99 Å². The van der Waals surface area contributed by atoms with Gasteiger partial charge in [0.1, 0.15) is 0 Å². The standard InChI is InChI=1S/C12H23N3O/c13-11(14-10-5-2-1-3-6-10)15-12(9-16)7-4-8-12/h10,16H,1-9H2,(H3,13,14,15). The van der Waals surface area contributed by atoms with Crippen LogP contribution in [-0.2, 0) is 0 Å². The molecule has 0 amide bonds. The lowest BCUT2D eigenvalue weighted by Gasteiger charge is -2.41. The molecule has 0 spiro atoms. The van der Waals surface area contributed by atoms with Crippen LogP contribution in [0.5, 0.6) is 0 Å². The van der Waals surface area contributed by atoms with Crippen molar-refractivity contribution < 1.29 is 5.11 Å². The maximum Gasteiger partial charge on any atom is 0.189 e. The summed E-state index contributed by atoms with van der Waals surface area (Å²) < 4.78 is 0. The molecule has 0 atom stereocenters. The first-order chi connectivity index (χ1) is 7.74. The van der Waals surface area contributed by atoms with E-state index in [1.165, 1.54) is 25.7 Å². The summed E-state index contributed by atoms with van der Waals surface area (Å²) in [5.74, 6) is 0.528. The number of guanidine groups is 1. The summed E-state index contributed by atoms with van der Waals surface area (Å²) in [6.07, 6.45) is 9.38. The van der Waals surface area contributed by atoms with Crippen molar-refractivity contribution in [3.63, 3.8) is 0 Å². The zero-order chi connectivity index (χ0) is 11.4. The van der Waals surface area contributed by atoms with Gasteiger partial charge in [-0.1, -0.05) is 19.3 Å². The molecule has 4 N–H and O–H groups in total. The van der Waals surface area contributed by atoms with Gasteiger partial charge >= 0.3 is 0 Å². The molecule has 0 aromatic rings. The van der Waals surface area contributed by atoms with E-state index in [0.29, 0.717) is 12.0 Å². The topological polar surface area (TPSA) is 70.6 Å². The second kappa shape index (κ2) is 5.04. The highest BCUT2D eigenvalue weighted by molar-refractivity contribution is 5.79. The Morgan fingerprint density at radius 2 is 1.94 bits per heavy atom. The number of aliphatic hydroxyl groups is 1. The van der Waals surface area contributed by atoms with Gasteiger partial charge in [-0.05, 0) is 32.1 Å². The third kappa shape index (κ3) is 2.67. The maximum absolute atomic E-state index is 9.32. The summed E-state index contributed by atoms with van der Waals surface area (Å²) in [6.45, 7) is 0.161. The first kappa shape index (κ1) is 11.7. The predicted octanol–water partition coefficient (Wildman–Crippen LogP) is 1.14. The third-order valence-electron chi connectivity index (χ3n) is 3.90. The molecule has 0 aromatic carbocycles.